The van der Waals surface area contributed by atoms with Gasteiger partial charge in [-0.3, -0.25) is 9.59 Å². The van der Waals surface area contributed by atoms with Gasteiger partial charge in [-0.15, -0.1) is 0 Å². The highest BCUT2D eigenvalue weighted by Gasteiger charge is 2.31. The summed E-state index contributed by atoms with van der Waals surface area (Å²) in [4.78, 5) is 29.0. The van der Waals surface area contributed by atoms with Crippen molar-refractivity contribution >= 4 is 27.7 Å². The van der Waals surface area contributed by atoms with Gasteiger partial charge in [0, 0.05) is 19.5 Å². The van der Waals surface area contributed by atoms with Crippen LogP contribution in [0.4, 0.5) is 0 Å². The first kappa shape index (κ1) is 30.2. The normalized spacial score (nSPS) is 11.8. The van der Waals surface area contributed by atoms with Crippen molar-refractivity contribution < 1.29 is 19.1 Å². The lowest BCUT2D eigenvalue weighted by Crippen LogP contribution is -2.52. The predicted molar refractivity (Wildman–Crippen MR) is 159 cm³/mol. The number of nitrogens with one attached hydrogen (secondary N) is 1. The highest BCUT2D eigenvalue weighted by molar-refractivity contribution is 9.10. The zero-order chi connectivity index (χ0) is 28.4. The molecule has 0 radical (unpaired) electrons. The van der Waals surface area contributed by atoms with Gasteiger partial charge in [0.2, 0.25) is 5.91 Å². The third-order valence-electron chi connectivity index (χ3n) is 6.42. The van der Waals surface area contributed by atoms with Gasteiger partial charge in [-0.05, 0) is 68.7 Å². The molecule has 208 valence electrons. The van der Waals surface area contributed by atoms with Gasteiger partial charge in [-0.1, -0.05) is 76.2 Å². The Bertz CT molecular complexity index is 1230. The molecule has 0 aliphatic carbocycles. The monoisotopic (exact) mass is 594 g/mol. The minimum Gasteiger partial charge on any atom is -0.497 e. The zero-order valence-corrected chi connectivity index (χ0v) is 25.0. The molecule has 6 nitrogen and oxygen atoms in total. The average molecular weight is 596 g/mol. The van der Waals surface area contributed by atoms with E-state index < -0.39 is 6.04 Å². The molecule has 1 N–H and O–H groups in total. The second kappa shape index (κ2) is 14.7. The fraction of sp³-hybridized carbons (Fsp3) is 0.375. The number of carbonyl (C=O) groups is 2. The molecule has 7 heteroatoms. The molecule has 0 unspecified atom stereocenters. The van der Waals surface area contributed by atoms with E-state index in [-0.39, 0.29) is 30.9 Å². The van der Waals surface area contributed by atoms with Crippen molar-refractivity contribution in [3.63, 3.8) is 0 Å². The number of carbonyl (C=O) groups excluding carboxylic acids is 2. The van der Waals surface area contributed by atoms with Crippen molar-refractivity contribution in [2.45, 2.75) is 52.6 Å². The smallest absolute Gasteiger partial charge is 0.261 e. The minimum absolute atomic E-state index is 0.189. The summed E-state index contributed by atoms with van der Waals surface area (Å²) in [6, 6.07) is 22.5. The van der Waals surface area contributed by atoms with Crippen LogP contribution in [0.5, 0.6) is 11.5 Å². The second-order valence-corrected chi connectivity index (χ2v) is 11.2. The van der Waals surface area contributed by atoms with E-state index in [2.05, 4.69) is 35.1 Å². The number of amides is 2. The van der Waals surface area contributed by atoms with E-state index >= 15 is 0 Å². The van der Waals surface area contributed by atoms with E-state index in [1.165, 1.54) is 5.56 Å². The van der Waals surface area contributed by atoms with Crippen LogP contribution in [0.3, 0.4) is 0 Å². The number of halogens is 1. The molecular formula is C32H39BrN2O4. The maximum atomic E-state index is 13.8. The van der Waals surface area contributed by atoms with Crippen LogP contribution in [0.1, 0.15) is 50.3 Å². The molecule has 2 amide bonds. The molecule has 0 aliphatic heterocycles. The lowest BCUT2D eigenvalue weighted by Gasteiger charge is -2.32. The van der Waals surface area contributed by atoms with Crippen LogP contribution in [0, 0.1) is 5.92 Å². The van der Waals surface area contributed by atoms with E-state index in [4.69, 9.17) is 9.47 Å². The standard InChI is InChI=1S/C32H39BrN2O4/c1-22(2)19-34-32(37)29(17-24-10-7-6-8-11-24)35(20-25-12-9-13-27(16-25)38-5)31(36)21-39-30-15-14-26(23(3)4)18-28(30)33/h6-16,18,22-23,29H,17,19-21H2,1-5H3,(H,34,37)/t29-/m1/s1. The van der Waals surface area contributed by atoms with Gasteiger partial charge in [0.05, 0.1) is 11.6 Å². The van der Waals surface area contributed by atoms with Gasteiger partial charge < -0.3 is 19.7 Å². The van der Waals surface area contributed by atoms with Gasteiger partial charge in [-0.25, -0.2) is 0 Å². The first-order valence-electron chi connectivity index (χ1n) is 13.3. The highest BCUT2D eigenvalue weighted by atomic mass is 79.9. The molecular weight excluding hydrogens is 556 g/mol. The van der Waals surface area contributed by atoms with Crippen molar-refractivity contribution in [3.05, 3.63) is 94.0 Å². The maximum absolute atomic E-state index is 13.8. The van der Waals surface area contributed by atoms with Crippen LogP contribution in [0.25, 0.3) is 0 Å². The first-order chi connectivity index (χ1) is 18.7. The molecule has 0 spiro atoms. The van der Waals surface area contributed by atoms with Crippen molar-refractivity contribution in [2.75, 3.05) is 20.3 Å². The summed E-state index contributed by atoms with van der Waals surface area (Å²) in [6.07, 6.45) is 0.382. The Hall–Kier alpha value is -3.32. The molecule has 0 bridgehead atoms. The number of methoxy groups -OCH3 is 1. The van der Waals surface area contributed by atoms with Crippen LogP contribution in [-0.2, 0) is 22.6 Å². The molecule has 0 heterocycles. The van der Waals surface area contributed by atoms with Crippen molar-refractivity contribution in [3.8, 4) is 11.5 Å². The zero-order valence-electron chi connectivity index (χ0n) is 23.4. The topological polar surface area (TPSA) is 67.9 Å². The number of nitrogens with zero attached hydrogens (tertiary/aromatic N) is 1. The third kappa shape index (κ3) is 9.13. The number of hydrogen-bond acceptors (Lipinski definition) is 4. The van der Waals surface area contributed by atoms with Gasteiger partial charge in [-0.2, -0.15) is 0 Å². The van der Waals surface area contributed by atoms with E-state index in [0.717, 1.165) is 15.6 Å². The van der Waals surface area contributed by atoms with Gasteiger partial charge in [0.25, 0.3) is 5.91 Å². The van der Waals surface area contributed by atoms with E-state index in [1.54, 1.807) is 12.0 Å². The lowest BCUT2D eigenvalue weighted by molar-refractivity contribution is -0.142. The van der Waals surface area contributed by atoms with E-state index in [9.17, 15) is 9.59 Å². The summed E-state index contributed by atoms with van der Waals surface area (Å²) in [5, 5.41) is 3.04. The van der Waals surface area contributed by atoms with Gasteiger partial charge in [0.15, 0.2) is 6.61 Å². The molecule has 39 heavy (non-hydrogen) atoms. The Balaban J connectivity index is 1.92. The summed E-state index contributed by atoms with van der Waals surface area (Å²) in [6.45, 7) is 8.89. The molecule has 3 aromatic carbocycles. The summed E-state index contributed by atoms with van der Waals surface area (Å²) in [5.41, 5.74) is 3.00. The second-order valence-electron chi connectivity index (χ2n) is 10.4. The summed E-state index contributed by atoms with van der Waals surface area (Å²) < 4.78 is 12.2. The Labute approximate surface area is 240 Å². The molecule has 1 atom stereocenters. The van der Waals surface area contributed by atoms with Gasteiger partial charge in [0.1, 0.15) is 17.5 Å². The number of rotatable bonds is 13. The van der Waals surface area contributed by atoms with Crippen molar-refractivity contribution in [1.82, 2.24) is 10.2 Å². The minimum atomic E-state index is -0.722. The van der Waals surface area contributed by atoms with E-state index in [0.29, 0.717) is 30.4 Å². The molecule has 0 saturated carbocycles. The molecule has 0 aromatic heterocycles. The maximum Gasteiger partial charge on any atom is 0.261 e. The van der Waals surface area contributed by atoms with Crippen LogP contribution in [-0.4, -0.2) is 43.0 Å². The van der Waals surface area contributed by atoms with Crippen LogP contribution in [0.2, 0.25) is 0 Å². The molecule has 0 aliphatic rings. The van der Waals surface area contributed by atoms with Crippen LogP contribution in [0.15, 0.2) is 77.3 Å². The molecule has 3 rings (SSSR count). The number of benzene rings is 3. The highest BCUT2D eigenvalue weighted by Crippen LogP contribution is 2.29. The number of ether oxygens (including phenoxy) is 2. The molecule has 0 fully saturated rings. The fourth-order valence-corrected chi connectivity index (χ4v) is 4.67. The Kier molecular flexibility index (Phi) is 11.4. The van der Waals surface area contributed by atoms with Crippen LogP contribution >= 0.6 is 15.9 Å². The Morgan fingerprint density at radius 3 is 2.28 bits per heavy atom. The molecule has 3 aromatic rings. The Morgan fingerprint density at radius 2 is 1.64 bits per heavy atom. The first-order valence-corrected chi connectivity index (χ1v) is 14.1. The van der Waals surface area contributed by atoms with Crippen LogP contribution < -0.4 is 14.8 Å². The Morgan fingerprint density at radius 1 is 0.923 bits per heavy atom. The lowest BCUT2D eigenvalue weighted by atomic mass is 10.0. The number of hydrogen-bond donors (Lipinski definition) is 1. The van der Waals surface area contributed by atoms with E-state index in [1.807, 2.05) is 86.6 Å². The quantitative estimate of drug-likeness (QED) is 0.249. The largest absolute Gasteiger partial charge is 0.497 e. The average Bonchev–Trinajstić information content (AvgIpc) is 2.93. The van der Waals surface area contributed by atoms with Crippen molar-refractivity contribution in [2.24, 2.45) is 5.92 Å². The van der Waals surface area contributed by atoms with Gasteiger partial charge >= 0.3 is 0 Å². The summed E-state index contributed by atoms with van der Waals surface area (Å²) in [7, 11) is 1.61. The summed E-state index contributed by atoms with van der Waals surface area (Å²) >= 11 is 3.57. The predicted octanol–water partition coefficient (Wildman–Crippen LogP) is 6.37. The molecule has 0 saturated heterocycles. The summed E-state index contributed by atoms with van der Waals surface area (Å²) in [5.74, 6) is 1.46. The SMILES string of the molecule is COc1cccc(CN(C(=O)COc2ccc(C(C)C)cc2Br)[C@H](Cc2ccccc2)C(=O)NCC(C)C)c1. The fourth-order valence-electron chi connectivity index (χ4n) is 4.16. The van der Waals surface area contributed by atoms with Crippen molar-refractivity contribution in [1.29, 1.82) is 0 Å². The third-order valence-corrected chi connectivity index (χ3v) is 7.04.